The van der Waals surface area contributed by atoms with Crippen molar-refractivity contribution in [3.63, 3.8) is 0 Å². The average molecular weight is 362 g/mol. The van der Waals surface area contributed by atoms with Crippen molar-refractivity contribution in [2.75, 3.05) is 11.6 Å². The van der Waals surface area contributed by atoms with Crippen LogP contribution in [0.2, 0.25) is 0 Å². The summed E-state index contributed by atoms with van der Waals surface area (Å²) >= 11 is 0. The Kier molecular flexibility index (Phi) is 4.43. The molecule has 3 aromatic rings. The van der Waals surface area contributed by atoms with Crippen molar-refractivity contribution >= 4 is 26.4 Å². The second-order valence-electron chi connectivity index (χ2n) is 5.87. The van der Waals surface area contributed by atoms with E-state index in [1.807, 2.05) is 0 Å². The molecule has 0 aliphatic heterocycles. The molecule has 0 aliphatic carbocycles. The highest BCUT2D eigenvalue weighted by atomic mass is 32.2. The maximum absolute atomic E-state index is 13.8. The van der Waals surface area contributed by atoms with Crippen LogP contribution >= 0.6 is 0 Å². The van der Waals surface area contributed by atoms with Crippen LogP contribution in [-0.4, -0.2) is 19.7 Å². The van der Waals surface area contributed by atoms with Crippen LogP contribution in [0.25, 0.3) is 10.9 Å². The van der Waals surface area contributed by atoms with Gasteiger partial charge in [-0.25, -0.2) is 17.2 Å². The number of hydrogen-bond donors (Lipinski definition) is 1. The van der Waals surface area contributed by atoms with Crippen molar-refractivity contribution in [2.45, 2.75) is 18.4 Å². The van der Waals surface area contributed by atoms with Gasteiger partial charge in [0.2, 0.25) is 0 Å². The Hall–Kier alpha value is -2.54. The maximum atomic E-state index is 13.8. The Morgan fingerprint density at radius 3 is 2.56 bits per heavy atom. The molecule has 0 spiro atoms. The van der Waals surface area contributed by atoms with Gasteiger partial charge in [0.15, 0.2) is 15.7 Å². The average Bonchev–Trinajstić information content (AvgIpc) is 2.51. The summed E-state index contributed by atoms with van der Waals surface area (Å²) in [4.78, 5) is 4.23. The fourth-order valence-corrected chi connectivity index (χ4v) is 3.73. The Labute approximate surface area is 144 Å². The van der Waals surface area contributed by atoms with E-state index < -0.39 is 21.5 Å². The lowest BCUT2D eigenvalue weighted by Crippen LogP contribution is -2.04. The lowest BCUT2D eigenvalue weighted by molar-refractivity contribution is 0.590. The maximum Gasteiger partial charge on any atom is 0.175 e. The van der Waals surface area contributed by atoms with E-state index >= 15 is 0 Å². The molecular weight excluding hydrogens is 346 g/mol. The summed E-state index contributed by atoms with van der Waals surface area (Å²) in [6.07, 6.45) is 2.61. The second-order valence-corrected chi connectivity index (χ2v) is 7.85. The molecule has 0 fully saturated rings. The Morgan fingerprint density at radius 1 is 1.12 bits per heavy atom. The smallest absolute Gasteiger partial charge is 0.175 e. The lowest BCUT2D eigenvalue weighted by atomic mass is 10.1. The molecule has 2 aromatic carbocycles. The first kappa shape index (κ1) is 17.3. The van der Waals surface area contributed by atoms with Gasteiger partial charge < -0.3 is 5.32 Å². The number of aryl methyl sites for hydroxylation is 1. The van der Waals surface area contributed by atoms with Crippen LogP contribution in [0.4, 0.5) is 14.5 Å². The number of nitrogens with zero attached hydrogens (tertiary/aromatic N) is 1. The van der Waals surface area contributed by atoms with Crippen molar-refractivity contribution in [2.24, 2.45) is 0 Å². The second kappa shape index (κ2) is 6.40. The Bertz CT molecular complexity index is 1070. The monoisotopic (exact) mass is 362 g/mol. The van der Waals surface area contributed by atoms with E-state index in [4.69, 9.17) is 0 Å². The zero-order valence-corrected chi connectivity index (χ0v) is 14.5. The molecule has 0 amide bonds. The Balaban J connectivity index is 1.90. The number of fused-ring (bicyclic) bond motifs is 1. The molecule has 3 rings (SSSR count). The van der Waals surface area contributed by atoms with Gasteiger partial charge in [0.1, 0.15) is 11.3 Å². The van der Waals surface area contributed by atoms with Crippen molar-refractivity contribution < 1.29 is 17.2 Å². The van der Waals surface area contributed by atoms with Gasteiger partial charge in [-0.1, -0.05) is 12.1 Å². The summed E-state index contributed by atoms with van der Waals surface area (Å²) in [5.41, 5.74) is 2.15. The van der Waals surface area contributed by atoms with E-state index in [0.29, 0.717) is 23.2 Å². The van der Waals surface area contributed by atoms with Crippen molar-refractivity contribution in [3.05, 3.63) is 65.4 Å². The molecule has 0 saturated carbocycles. The van der Waals surface area contributed by atoms with Crippen LogP contribution in [0.15, 0.2) is 47.5 Å². The molecule has 25 heavy (non-hydrogen) atoms. The topological polar surface area (TPSA) is 59.1 Å². The third-order valence-corrected chi connectivity index (χ3v) is 5.14. The third kappa shape index (κ3) is 3.61. The Morgan fingerprint density at radius 2 is 1.88 bits per heavy atom. The minimum atomic E-state index is -3.27. The fourth-order valence-electron chi connectivity index (χ4n) is 2.77. The summed E-state index contributed by atoms with van der Waals surface area (Å²) in [6.45, 7) is 2.11. The van der Waals surface area contributed by atoms with Gasteiger partial charge in [-0.2, -0.15) is 0 Å². The molecule has 0 radical (unpaired) electrons. The number of rotatable bonds is 4. The van der Waals surface area contributed by atoms with Crippen LogP contribution in [-0.2, 0) is 16.4 Å². The van der Waals surface area contributed by atoms with Gasteiger partial charge in [-0.3, -0.25) is 4.98 Å². The fraction of sp³-hybridized carbons (Fsp3) is 0.167. The summed E-state index contributed by atoms with van der Waals surface area (Å²) in [5.74, 6) is -1.39. The zero-order valence-electron chi connectivity index (χ0n) is 13.7. The molecule has 1 aromatic heterocycles. The highest BCUT2D eigenvalue weighted by molar-refractivity contribution is 7.90. The molecular formula is C18H16F2N2O2S. The minimum absolute atomic E-state index is 0.0926. The van der Waals surface area contributed by atoms with Crippen LogP contribution in [0, 0.1) is 18.6 Å². The van der Waals surface area contributed by atoms with Gasteiger partial charge in [-0.15, -0.1) is 0 Å². The number of pyridine rings is 1. The van der Waals surface area contributed by atoms with E-state index in [1.165, 1.54) is 18.5 Å². The number of hydrogen-bond acceptors (Lipinski definition) is 4. The van der Waals surface area contributed by atoms with Crippen LogP contribution in [0.1, 0.15) is 11.1 Å². The largest absolute Gasteiger partial charge is 0.380 e. The predicted octanol–water partition coefficient (Wildman–Crippen LogP) is 3.84. The summed E-state index contributed by atoms with van der Waals surface area (Å²) in [5, 5.41) is 3.47. The molecule has 1 heterocycles. The number of sulfone groups is 1. The molecule has 0 bridgehead atoms. The van der Waals surface area contributed by atoms with Gasteiger partial charge in [0, 0.05) is 36.1 Å². The van der Waals surface area contributed by atoms with E-state index in [9.17, 15) is 17.2 Å². The van der Waals surface area contributed by atoms with Crippen molar-refractivity contribution in [3.8, 4) is 0 Å². The molecule has 1 N–H and O–H groups in total. The number of halogens is 2. The van der Waals surface area contributed by atoms with E-state index in [0.717, 1.165) is 11.6 Å². The van der Waals surface area contributed by atoms with Gasteiger partial charge in [0.25, 0.3) is 0 Å². The molecule has 7 heteroatoms. The number of aromatic nitrogens is 1. The number of anilines is 1. The normalized spacial score (nSPS) is 11.7. The molecule has 0 unspecified atom stereocenters. The minimum Gasteiger partial charge on any atom is -0.380 e. The van der Waals surface area contributed by atoms with E-state index in [2.05, 4.69) is 10.3 Å². The lowest BCUT2D eigenvalue weighted by Gasteiger charge is -2.11. The van der Waals surface area contributed by atoms with Gasteiger partial charge >= 0.3 is 0 Å². The first-order chi connectivity index (χ1) is 11.8. The van der Waals surface area contributed by atoms with Crippen LogP contribution in [0.3, 0.4) is 0 Å². The van der Waals surface area contributed by atoms with Crippen LogP contribution in [0.5, 0.6) is 0 Å². The third-order valence-electron chi connectivity index (χ3n) is 3.88. The highest BCUT2D eigenvalue weighted by Crippen LogP contribution is 2.25. The summed E-state index contributed by atoms with van der Waals surface area (Å²) in [7, 11) is -3.27. The molecule has 130 valence electrons. The van der Waals surface area contributed by atoms with E-state index in [-0.39, 0.29) is 10.4 Å². The van der Waals surface area contributed by atoms with Gasteiger partial charge in [-0.05, 0) is 36.2 Å². The van der Waals surface area contributed by atoms with Crippen LogP contribution < -0.4 is 5.32 Å². The van der Waals surface area contributed by atoms with Crippen molar-refractivity contribution in [1.29, 1.82) is 0 Å². The first-order valence-corrected chi connectivity index (χ1v) is 9.42. The van der Waals surface area contributed by atoms with Crippen molar-refractivity contribution in [1.82, 2.24) is 4.98 Å². The molecule has 0 aliphatic rings. The summed E-state index contributed by atoms with van der Waals surface area (Å²) in [6, 6.07) is 8.71. The molecule has 0 saturated heterocycles. The van der Waals surface area contributed by atoms with E-state index in [1.54, 1.807) is 31.2 Å². The first-order valence-electron chi connectivity index (χ1n) is 7.53. The quantitative estimate of drug-likeness (QED) is 0.766. The highest BCUT2D eigenvalue weighted by Gasteiger charge is 2.12. The molecule has 0 atom stereocenters. The SMILES string of the molecule is Cc1cc(CNc2ccnc3c(F)cc(F)cc23)ccc1S(C)(=O)=O. The zero-order chi connectivity index (χ0) is 18.2. The summed E-state index contributed by atoms with van der Waals surface area (Å²) < 4.78 is 50.6. The predicted molar refractivity (Wildman–Crippen MR) is 93.3 cm³/mol. The number of benzene rings is 2. The van der Waals surface area contributed by atoms with Gasteiger partial charge in [0.05, 0.1) is 4.90 Å². The number of nitrogens with one attached hydrogen (secondary N) is 1. The molecule has 4 nitrogen and oxygen atoms in total. The standard InChI is InChI=1S/C18H16F2N2O2S/c1-11-7-12(3-4-17(11)25(2,23)24)10-22-16-5-6-21-18-14(16)8-13(19)9-15(18)20/h3-9H,10H2,1-2H3,(H,21,22).